The highest BCUT2D eigenvalue weighted by atomic mass is 15.2. The fourth-order valence-corrected chi connectivity index (χ4v) is 2.73. The van der Waals surface area contributed by atoms with Gasteiger partial charge >= 0.3 is 0 Å². The lowest BCUT2D eigenvalue weighted by Gasteiger charge is -2.39. The highest BCUT2D eigenvalue weighted by Crippen LogP contribution is 2.33. The highest BCUT2D eigenvalue weighted by molar-refractivity contribution is 5.25. The molecule has 1 aromatic heterocycles. The zero-order valence-corrected chi connectivity index (χ0v) is 10.6. The largest absolute Gasteiger partial charge is 0.294 e. The maximum absolute atomic E-state index is 4.29. The van der Waals surface area contributed by atoms with E-state index in [0.717, 1.165) is 0 Å². The summed E-state index contributed by atoms with van der Waals surface area (Å²) in [5.41, 5.74) is 2.81. The molecule has 1 saturated heterocycles. The minimum Gasteiger partial charge on any atom is -0.294 e. The highest BCUT2D eigenvalue weighted by Gasteiger charge is 2.26. The maximum atomic E-state index is 4.29. The Morgan fingerprint density at radius 1 is 1.38 bits per heavy atom. The summed E-state index contributed by atoms with van der Waals surface area (Å²) in [6, 6.07) is 3.34. The van der Waals surface area contributed by atoms with Crippen molar-refractivity contribution in [1.82, 2.24) is 9.88 Å². The van der Waals surface area contributed by atoms with Gasteiger partial charge in [0.15, 0.2) is 0 Å². The topological polar surface area (TPSA) is 16.1 Å². The monoisotopic (exact) mass is 218 g/mol. The van der Waals surface area contributed by atoms with Crippen molar-refractivity contribution < 1.29 is 0 Å². The molecule has 0 spiro atoms. The van der Waals surface area contributed by atoms with Crippen molar-refractivity contribution in [1.29, 1.82) is 0 Å². The summed E-state index contributed by atoms with van der Waals surface area (Å²) in [6.45, 7) is 8.02. The van der Waals surface area contributed by atoms with Crippen LogP contribution in [0.1, 0.15) is 50.3 Å². The molecule has 2 rings (SSSR count). The molecule has 0 amide bonds. The first-order valence-corrected chi connectivity index (χ1v) is 6.36. The van der Waals surface area contributed by atoms with Gasteiger partial charge in [0, 0.05) is 24.5 Å². The first kappa shape index (κ1) is 11.6. The van der Waals surface area contributed by atoms with Crippen molar-refractivity contribution in [2.24, 2.45) is 0 Å². The summed E-state index contributed by atoms with van der Waals surface area (Å²) in [5.74, 6) is 0. The first-order chi connectivity index (χ1) is 7.70. The van der Waals surface area contributed by atoms with E-state index in [-0.39, 0.29) is 0 Å². The summed E-state index contributed by atoms with van der Waals surface area (Å²) >= 11 is 0. The van der Waals surface area contributed by atoms with Gasteiger partial charge in [0.2, 0.25) is 0 Å². The zero-order chi connectivity index (χ0) is 11.5. The third kappa shape index (κ3) is 2.27. The fourth-order valence-electron chi connectivity index (χ4n) is 2.73. The molecule has 88 valence electrons. The lowest BCUT2D eigenvalue weighted by Crippen LogP contribution is -2.38. The molecule has 0 unspecified atom stereocenters. The van der Waals surface area contributed by atoms with Crippen LogP contribution in [0.5, 0.6) is 0 Å². The number of aromatic nitrogens is 1. The minimum absolute atomic E-state index is 0.586. The number of piperidine rings is 1. The second-order valence-electron chi connectivity index (χ2n) is 5.08. The van der Waals surface area contributed by atoms with E-state index in [1.54, 1.807) is 0 Å². The molecule has 2 nitrogen and oxygen atoms in total. The van der Waals surface area contributed by atoms with Crippen LogP contribution in [0.2, 0.25) is 0 Å². The van der Waals surface area contributed by atoms with E-state index in [1.165, 1.54) is 36.9 Å². The molecule has 0 aromatic carbocycles. The molecule has 2 heterocycles. The minimum atomic E-state index is 0.586. The Balaban J connectivity index is 2.27. The van der Waals surface area contributed by atoms with Crippen LogP contribution in [0.25, 0.3) is 0 Å². The third-order valence-electron chi connectivity index (χ3n) is 3.65. The maximum Gasteiger partial charge on any atom is 0.0368 e. The SMILES string of the molecule is Cc1ccncc1[C@@H]1CCCCN1C(C)C. The molecule has 1 atom stereocenters. The first-order valence-electron chi connectivity index (χ1n) is 6.36. The van der Waals surface area contributed by atoms with E-state index in [4.69, 9.17) is 0 Å². The van der Waals surface area contributed by atoms with E-state index in [2.05, 4.69) is 42.9 Å². The molecule has 1 aliphatic heterocycles. The third-order valence-corrected chi connectivity index (χ3v) is 3.65. The van der Waals surface area contributed by atoms with Gasteiger partial charge in [-0.2, -0.15) is 0 Å². The molecule has 2 heteroatoms. The number of rotatable bonds is 2. The number of hydrogen-bond acceptors (Lipinski definition) is 2. The number of hydrogen-bond donors (Lipinski definition) is 0. The van der Waals surface area contributed by atoms with Crippen LogP contribution >= 0.6 is 0 Å². The van der Waals surface area contributed by atoms with Crippen molar-refractivity contribution in [3.8, 4) is 0 Å². The molecule has 16 heavy (non-hydrogen) atoms. The quantitative estimate of drug-likeness (QED) is 0.757. The number of nitrogens with zero attached hydrogens (tertiary/aromatic N) is 2. The predicted molar refractivity (Wildman–Crippen MR) is 67.4 cm³/mol. The Morgan fingerprint density at radius 3 is 2.88 bits per heavy atom. The van der Waals surface area contributed by atoms with Crippen molar-refractivity contribution >= 4 is 0 Å². The summed E-state index contributed by atoms with van der Waals surface area (Å²) < 4.78 is 0. The lowest BCUT2D eigenvalue weighted by molar-refractivity contribution is 0.111. The zero-order valence-electron chi connectivity index (χ0n) is 10.6. The van der Waals surface area contributed by atoms with Crippen molar-refractivity contribution in [3.63, 3.8) is 0 Å². The summed E-state index contributed by atoms with van der Waals surface area (Å²) in [5, 5.41) is 0. The molecule has 0 bridgehead atoms. The Kier molecular flexibility index (Phi) is 3.59. The standard InChI is InChI=1S/C14H22N2/c1-11(2)16-9-5-4-6-14(16)13-10-15-8-7-12(13)3/h7-8,10-11,14H,4-6,9H2,1-3H3/t14-/m0/s1. The van der Waals surface area contributed by atoms with Gasteiger partial charge in [-0.1, -0.05) is 6.42 Å². The van der Waals surface area contributed by atoms with E-state index in [9.17, 15) is 0 Å². The van der Waals surface area contributed by atoms with Gasteiger partial charge in [0.05, 0.1) is 0 Å². The van der Waals surface area contributed by atoms with Crippen molar-refractivity contribution in [2.45, 2.75) is 52.1 Å². The molecule has 0 N–H and O–H groups in total. The number of likely N-dealkylation sites (tertiary alicyclic amines) is 1. The molecule has 1 fully saturated rings. The van der Waals surface area contributed by atoms with Gasteiger partial charge in [-0.3, -0.25) is 9.88 Å². The Hall–Kier alpha value is -0.890. The Morgan fingerprint density at radius 2 is 2.19 bits per heavy atom. The summed E-state index contributed by atoms with van der Waals surface area (Å²) in [6.07, 6.45) is 7.92. The average molecular weight is 218 g/mol. The average Bonchev–Trinajstić information content (AvgIpc) is 2.29. The van der Waals surface area contributed by atoms with Crippen LogP contribution in [-0.2, 0) is 0 Å². The van der Waals surface area contributed by atoms with E-state index >= 15 is 0 Å². The van der Waals surface area contributed by atoms with Crippen molar-refractivity contribution in [3.05, 3.63) is 29.6 Å². The predicted octanol–water partition coefficient (Wildman–Crippen LogP) is 3.33. The van der Waals surface area contributed by atoms with E-state index in [1.807, 2.05) is 6.20 Å². The van der Waals surface area contributed by atoms with E-state index in [0.29, 0.717) is 12.1 Å². The summed E-state index contributed by atoms with van der Waals surface area (Å²) in [4.78, 5) is 6.91. The van der Waals surface area contributed by atoms with Crippen LogP contribution in [0.4, 0.5) is 0 Å². The van der Waals surface area contributed by atoms with E-state index < -0.39 is 0 Å². The van der Waals surface area contributed by atoms with Gasteiger partial charge in [0.1, 0.15) is 0 Å². The van der Waals surface area contributed by atoms with Gasteiger partial charge < -0.3 is 0 Å². The van der Waals surface area contributed by atoms with Gasteiger partial charge in [-0.05, 0) is 57.4 Å². The normalized spacial score (nSPS) is 22.6. The lowest BCUT2D eigenvalue weighted by atomic mass is 9.92. The molecule has 0 aliphatic carbocycles. The van der Waals surface area contributed by atoms with Crippen LogP contribution in [-0.4, -0.2) is 22.5 Å². The van der Waals surface area contributed by atoms with Crippen LogP contribution in [0.3, 0.4) is 0 Å². The Labute approximate surface area is 98.7 Å². The van der Waals surface area contributed by atoms with Crippen molar-refractivity contribution in [2.75, 3.05) is 6.54 Å². The van der Waals surface area contributed by atoms with Gasteiger partial charge in [-0.25, -0.2) is 0 Å². The second-order valence-corrected chi connectivity index (χ2v) is 5.08. The molecule has 1 aliphatic rings. The van der Waals surface area contributed by atoms with Gasteiger partial charge in [-0.15, -0.1) is 0 Å². The molecule has 0 saturated carbocycles. The second kappa shape index (κ2) is 4.96. The number of aryl methyl sites for hydroxylation is 1. The van der Waals surface area contributed by atoms with Crippen LogP contribution < -0.4 is 0 Å². The smallest absolute Gasteiger partial charge is 0.0368 e. The van der Waals surface area contributed by atoms with Gasteiger partial charge in [0.25, 0.3) is 0 Å². The summed E-state index contributed by atoms with van der Waals surface area (Å²) in [7, 11) is 0. The molecular formula is C14H22N2. The molecular weight excluding hydrogens is 196 g/mol. The Bertz CT molecular complexity index is 346. The molecule has 1 aromatic rings. The fraction of sp³-hybridized carbons (Fsp3) is 0.643. The van der Waals surface area contributed by atoms with Crippen LogP contribution in [0, 0.1) is 6.92 Å². The number of pyridine rings is 1. The molecule has 0 radical (unpaired) electrons. The van der Waals surface area contributed by atoms with Crippen LogP contribution in [0.15, 0.2) is 18.5 Å².